The Labute approximate surface area is 132 Å². The molecule has 1 aliphatic heterocycles. The molecule has 1 fully saturated rings. The van der Waals surface area contributed by atoms with E-state index in [0.717, 1.165) is 16.0 Å². The lowest BCUT2D eigenvalue weighted by Crippen LogP contribution is -2.40. The lowest BCUT2D eigenvalue weighted by molar-refractivity contribution is -0.130. The van der Waals surface area contributed by atoms with Gasteiger partial charge in [0.2, 0.25) is 11.7 Å². The molecule has 0 aliphatic carbocycles. The van der Waals surface area contributed by atoms with Gasteiger partial charge in [0.05, 0.1) is 0 Å². The van der Waals surface area contributed by atoms with E-state index in [1.807, 2.05) is 24.3 Å². The molecule has 0 bridgehead atoms. The van der Waals surface area contributed by atoms with Crippen molar-refractivity contribution < 1.29 is 14.1 Å². The van der Waals surface area contributed by atoms with Gasteiger partial charge in [-0.1, -0.05) is 29.4 Å². The highest BCUT2D eigenvalue weighted by Gasteiger charge is 2.44. The standard InChI is InChI=1S/C15H17N5O3/c1-15(2)13(21)20(14(22)18-15)8-11-17-12(19-23-11)10-5-3-9(7-16)4-6-10/h3-6H,7-8,16H2,1-2H3,(H,18,22). The van der Waals surface area contributed by atoms with Gasteiger partial charge < -0.3 is 15.6 Å². The fraction of sp³-hybridized carbons (Fsp3) is 0.333. The zero-order valence-electron chi connectivity index (χ0n) is 12.9. The van der Waals surface area contributed by atoms with Crippen LogP contribution in [0.15, 0.2) is 28.8 Å². The van der Waals surface area contributed by atoms with Gasteiger partial charge in [-0.2, -0.15) is 4.98 Å². The zero-order valence-corrected chi connectivity index (χ0v) is 12.9. The predicted octanol–water partition coefficient (Wildman–Crippen LogP) is 1.03. The van der Waals surface area contributed by atoms with E-state index in [2.05, 4.69) is 15.5 Å². The molecule has 0 atom stereocenters. The van der Waals surface area contributed by atoms with Crippen LogP contribution < -0.4 is 11.1 Å². The number of rotatable bonds is 4. The number of imide groups is 1. The molecular weight excluding hydrogens is 298 g/mol. The Hall–Kier alpha value is -2.74. The molecule has 8 nitrogen and oxygen atoms in total. The molecule has 0 unspecified atom stereocenters. The number of nitrogens with zero attached hydrogens (tertiary/aromatic N) is 3. The van der Waals surface area contributed by atoms with Crippen molar-refractivity contribution >= 4 is 11.9 Å². The molecule has 2 heterocycles. The monoisotopic (exact) mass is 315 g/mol. The number of carbonyl (C=O) groups excluding carboxylic acids is 2. The number of aromatic nitrogens is 2. The summed E-state index contributed by atoms with van der Waals surface area (Å²) >= 11 is 0. The van der Waals surface area contributed by atoms with Gasteiger partial charge in [-0.25, -0.2) is 4.79 Å². The minimum atomic E-state index is -0.919. The van der Waals surface area contributed by atoms with E-state index in [0.29, 0.717) is 12.4 Å². The van der Waals surface area contributed by atoms with Crippen molar-refractivity contribution in [2.45, 2.75) is 32.5 Å². The van der Waals surface area contributed by atoms with Gasteiger partial charge in [0.15, 0.2) is 0 Å². The van der Waals surface area contributed by atoms with Crippen LogP contribution in [0.5, 0.6) is 0 Å². The Kier molecular flexibility index (Phi) is 3.61. The quantitative estimate of drug-likeness (QED) is 0.814. The lowest BCUT2D eigenvalue weighted by Gasteiger charge is -2.14. The summed E-state index contributed by atoms with van der Waals surface area (Å²) in [6.07, 6.45) is 0. The third-order valence-electron chi connectivity index (χ3n) is 3.65. The average molecular weight is 315 g/mol. The molecule has 1 saturated heterocycles. The number of hydrogen-bond donors (Lipinski definition) is 2. The first kappa shape index (κ1) is 15.2. The summed E-state index contributed by atoms with van der Waals surface area (Å²) in [7, 11) is 0. The summed E-state index contributed by atoms with van der Waals surface area (Å²) in [6.45, 7) is 3.69. The molecule has 3 rings (SSSR count). The van der Waals surface area contributed by atoms with Gasteiger partial charge in [0, 0.05) is 12.1 Å². The number of hydrogen-bond acceptors (Lipinski definition) is 6. The Morgan fingerprint density at radius 2 is 1.96 bits per heavy atom. The van der Waals surface area contributed by atoms with Gasteiger partial charge in [-0.3, -0.25) is 9.69 Å². The second-order valence-corrected chi connectivity index (χ2v) is 5.86. The molecule has 23 heavy (non-hydrogen) atoms. The number of urea groups is 1. The topological polar surface area (TPSA) is 114 Å². The number of nitrogens with two attached hydrogens (primary N) is 1. The van der Waals surface area contributed by atoms with Crippen molar-refractivity contribution in [3.8, 4) is 11.4 Å². The lowest BCUT2D eigenvalue weighted by atomic mass is 10.1. The number of nitrogens with one attached hydrogen (secondary N) is 1. The Morgan fingerprint density at radius 1 is 1.26 bits per heavy atom. The normalized spacial score (nSPS) is 16.7. The molecule has 0 radical (unpaired) electrons. The van der Waals surface area contributed by atoms with Crippen LogP contribution in [0.3, 0.4) is 0 Å². The highest BCUT2D eigenvalue weighted by molar-refractivity contribution is 6.06. The van der Waals surface area contributed by atoms with Gasteiger partial charge >= 0.3 is 6.03 Å². The van der Waals surface area contributed by atoms with Crippen molar-refractivity contribution in [2.24, 2.45) is 5.73 Å². The van der Waals surface area contributed by atoms with E-state index < -0.39 is 11.6 Å². The van der Waals surface area contributed by atoms with E-state index >= 15 is 0 Å². The predicted molar refractivity (Wildman–Crippen MR) is 80.8 cm³/mol. The molecule has 1 aromatic carbocycles. The fourth-order valence-corrected chi connectivity index (χ4v) is 2.32. The number of amides is 3. The zero-order chi connectivity index (χ0) is 16.6. The molecule has 1 aliphatic rings. The highest BCUT2D eigenvalue weighted by Crippen LogP contribution is 2.21. The third kappa shape index (κ3) is 2.80. The molecule has 120 valence electrons. The molecule has 8 heteroatoms. The highest BCUT2D eigenvalue weighted by atomic mass is 16.5. The first-order valence-corrected chi connectivity index (χ1v) is 7.17. The van der Waals surface area contributed by atoms with Crippen LogP contribution >= 0.6 is 0 Å². The molecule has 0 saturated carbocycles. The van der Waals surface area contributed by atoms with Crippen LogP contribution in [0.2, 0.25) is 0 Å². The first-order chi connectivity index (χ1) is 10.9. The van der Waals surface area contributed by atoms with E-state index in [-0.39, 0.29) is 18.3 Å². The van der Waals surface area contributed by atoms with Crippen LogP contribution in [-0.4, -0.2) is 32.5 Å². The summed E-state index contributed by atoms with van der Waals surface area (Å²) in [5.41, 5.74) is 6.41. The van der Waals surface area contributed by atoms with Gasteiger partial charge in [-0.15, -0.1) is 0 Å². The number of benzene rings is 1. The van der Waals surface area contributed by atoms with Gasteiger partial charge in [0.25, 0.3) is 5.91 Å². The van der Waals surface area contributed by atoms with E-state index in [4.69, 9.17) is 10.3 Å². The van der Waals surface area contributed by atoms with E-state index in [1.165, 1.54) is 0 Å². The van der Waals surface area contributed by atoms with Gasteiger partial charge in [0.1, 0.15) is 12.1 Å². The second kappa shape index (κ2) is 5.47. The Morgan fingerprint density at radius 3 is 2.52 bits per heavy atom. The van der Waals surface area contributed by atoms with Crippen molar-refractivity contribution in [3.05, 3.63) is 35.7 Å². The molecule has 1 aromatic heterocycles. The molecule has 3 amide bonds. The van der Waals surface area contributed by atoms with Crippen molar-refractivity contribution in [2.75, 3.05) is 0 Å². The molecule has 3 N–H and O–H groups in total. The summed E-state index contributed by atoms with van der Waals surface area (Å²) in [5, 5.41) is 6.48. The largest absolute Gasteiger partial charge is 0.337 e. The minimum absolute atomic E-state index is 0.0536. The van der Waals surface area contributed by atoms with Gasteiger partial charge in [-0.05, 0) is 19.4 Å². The smallest absolute Gasteiger partial charge is 0.325 e. The van der Waals surface area contributed by atoms with E-state index in [9.17, 15) is 9.59 Å². The van der Waals surface area contributed by atoms with Crippen LogP contribution in [-0.2, 0) is 17.9 Å². The maximum absolute atomic E-state index is 12.1. The second-order valence-electron chi connectivity index (χ2n) is 5.86. The van der Waals surface area contributed by atoms with Crippen LogP contribution in [0.1, 0.15) is 25.3 Å². The number of carbonyl (C=O) groups is 2. The molecule has 2 aromatic rings. The summed E-state index contributed by atoms with van der Waals surface area (Å²) in [5.74, 6) is 0.272. The third-order valence-corrected chi connectivity index (χ3v) is 3.65. The minimum Gasteiger partial charge on any atom is -0.337 e. The van der Waals surface area contributed by atoms with Crippen LogP contribution in [0, 0.1) is 0 Å². The SMILES string of the molecule is CC1(C)NC(=O)N(Cc2nc(-c3ccc(CN)cc3)no2)C1=O. The maximum atomic E-state index is 12.1. The summed E-state index contributed by atoms with van der Waals surface area (Å²) < 4.78 is 5.14. The molecule has 0 spiro atoms. The summed E-state index contributed by atoms with van der Waals surface area (Å²) in [6, 6.07) is 6.98. The van der Waals surface area contributed by atoms with E-state index in [1.54, 1.807) is 13.8 Å². The fourth-order valence-electron chi connectivity index (χ4n) is 2.32. The summed E-state index contributed by atoms with van der Waals surface area (Å²) in [4.78, 5) is 29.3. The van der Waals surface area contributed by atoms with Crippen LogP contribution in [0.25, 0.3) is 11.4 Å². The molecular formula is C15H17N5O3. The average Bonchev–Trinajstić information content (AvgIpc) is 3.06. The van der Waals surface area contributed by atoms with Crippen molar-refractivity contribution in [1.29, 1.82) is 0 Å². The Bertz CT molecular complexity index is 751. The van der Waals surface area contributed by atoms with Crippen LogP contribution in [0.4, 0.5) is 4.79 Å². The maximum Gasteiger partial charge on any atom is 0.325 e. The first-order valence-electron chi connectivity index (χ1n) is 7.17. The van der Waals surface area contributed by atoms with Crippen molar-refractivity contribution in [3.63, 3.8) is 0 Å². The van der Waals surface area contributed by atoms with Crippen molar-refractivity contribution in [1.82, 2.24) is 20.4 Å². The Balaban J connectivity index is 1.77.